The van der Waals surface area contributed by atoms with Gasteiger partial charge in [0.2, 0.25) is 11.8 Å². The van der Waals surface area contributed by atoms with E-state index in [4.69, 9.17) is 38.7 Å². The summed E-state index contributed by atoms with van der Waals surface area (Å²) in [7, 11) is 0. The average molecular weight is 827 g/mol. The fourth-order valence-electron chi connectivity index (χ4n) is 5.45. The van der Waals surface area contributed by atoms with E-state index < -0.39 is 23.8 Å². The Morgan fingerprint density at radius 1 is 0.643 bits per heavy atom. The number of hydrogen-bond acceptors (Lipinski definition) is 9. The predicted molar refractivity (Wildman–Crippen MR) is 219 cm³/mol. The van der Waals surface area contributed by atoms with Crippen LogP contribution in [0.2, 0.25) is 10.0 Å². The third kappa shape index (κ3) is 12.3. The highest BCUT2D eigenvalue weighted by Gasteiger charge is 2.25. The first-order chi connectivity index (χ1) is 27.0. The van der Waals surface area contributed by atoms with Crippen molar-refractivity contribution in [3.8, 4) is 28.6 Å². The first-order valence-electron chi connectivity index (χ1n) is 17.0. The molecule has 4 N–H and O–H groups in total. The molecule has 2 heterocycles. The Kier molecular flexibility index (Phi) is 14.8. The molecule has 2 atom stereocenters. The number of rotatable bonds is 14. The Morgan fingerprint density at radius 3 is 1.52 bits per heavy atom. The zero-order chi connectivity index (χ0) is 40.0. The maximum absolute atomic E-state index is 12.7. The van der Waals surface area contributed by atoms with E-state index in [1.807, 2.05) is 60.7 Å². The van der Waals surface area contributed by atoms with Crippen molar-refractivity contribution in [3.63, 3.8) is 0 Å². The van der Waals surface area contributed by atoms with Gasteiger partial charge in [0.1, 0.15) is 0 Å². The number of carboxylic acids is 2. The molecular formula is C41H33Cl2N5O6S2. The summed E-state index contributed by atoms with van der Waals surface area (Å²) >= 11 is 14.5. The molecule has 6 aromatic rings. The van der Waals surface area contributed by atoms with Gasteiger partial charge in [0.15, 0.2) is 10.3 Å². The minimum atomic E-state index is -1.02. The van der Waals surface area contributed by atoms with Crippen LogP contribution in [0.3, 0.4) is 0 Å². The number of carboxylic acid groups (broad SMARTS) is 2. The molecule has 2 aromatic heterocycles. The third-order valence-electron chi connectivity index (χ3n) is 8.23. The maximum Gasteiger partial charge on any atom is 0.304 e. The topological polar surface area (TPSA) is 182 Å². The highest BCUT2D eigenvalue weighted by molar-refractivity contribution is 7.14. The summed E-state index contributed by atoms with van der Waals surface area (Å²) < 4.78 is 0. The van der Waals surface area contributed by atoms with Crippen LogP contribution in [0.4, 0.5) is 10.3 Å². The summed E-state index contributed by atoms with van der Waals surface area (Å²) in [5.74, 6) is -4.17. The van der Waals surface area contributed by atoms with Crippen molar-refractivity contribution in [1.82, 2.24) is 9.97 Å². The second kappa shape index (κ2) is 20.1. The van der Waals surface area contributed by atoms with Gasteiger partial charge in [-0.25, -0.2) is 9.97 Å². The van der Waals surface area contributed by atoms with Gasteiger partial charge >= 0.3 is 11.9 Å². The molecule has 0 aliphatic rings. The maximum atomic E-state index is 12.7. The number of amides is 2. The molecule has 0 spiro atoms. The molecule has 0 fully saturated rings. The van der Waals surface area contributed by atoms with E-state index in [0.29, 0.717) is 50.1 Å². The summed E-state index contributed by atoms with van der Waals surface area (Å²) in [5.41, 5.74) is 5.31. The third-order valence-corrected chi connectivity index (χ3v) is 10.5. The van der Waals surface area contributed by atoms with Gasteiger partial charge in [-0.3, -0.25) is 19.2 Å². The van der Waals surface area contributed by atoms with Crippen molar-refractivity contribution in [3.05, 3.63) is 141 Å². The van der Waals surface area contributed by atoms with E-state index >= 15 is 0 Å². The lowest BCUT2D eigenvalue weighted by Gasteiger charge is -2.14. The molecule has 284 valence electrons. The summed E-state index contributed by atoms with van der Waals surface area (Å²) in [6, 6.07) is 32.9. The molecule has 11 nitrogen and oxygen atoms in total. The first kappa shape index (κ1) is 41.3. The van der Waals surface area contributed by atoms with Gasteiger partial charge in [-0.15, -0.1) is 22.7 Å². The first-order valence-corrected chi connectivity index (χ1v) is 19.5. The van der Waals surface area contributed by atoms with Crippen LogP contribution in [-0.2, 0) is 32.0 Å². The van der Waals surface area contributed by atoms with Crippen LogP contribution in [0, 0.1) is 23.2 Å². The van der Waals surface area contributed by atoms with E-state index in [1.165, 1.54) is 22.7 Å². The highest BCUT2D eigenvalue weighted by Crippen LogP contribution is 2.31. The van der Waals surface area contributed by atoms with Crippen molar-refractivity contribution < 1.29 is 29.4 Å². The van der Waals surface area contributed by atoms with Gasteiger partial charge in [0.25, 0.3) is 0 Å². The Hall–Kier alpha value is -5.91. The molecule has 6 rings (SSSR count). The summed E-state index contributed by atoms with van der Waals surface area (Å²) in [4.78, 5) is 56.5. The minimum absolute atomic E-state index is 0.255. The lowest BCUT2D eigenvalue weighted by Crippen LogP contribution is -2.27. The zero-order valence-corrected chi connectivity index (χ0v) is 32.5. The van der Waals surface area contributed by atoms with Crippen molar-refractivity contribution in [2.45, 2.75) is 25.7 Å². The molecular weight excluding hydrogens is 794 g/mol. The number of benzene rings is 4. The van der Waals surface area contributed by atoms with Crippen molar-refractivity contribution in [2.24, 2.45) is 11.8 Å². The van der Waals surface area contributed by atoms with Gasteiger partial charge < -0.3 is 20.8 Å². The molecule has 0 bridgehead atoms. The zero-order valence-electron chi connectivity index (χ0n) is 29.4. The predicted octanol–water partition coefficient (Wildman–Crippen LogP) is 9.34. The number of aromatic nitrogens is 2. The molecule has 0 saturated carbocycles. The van der Waals surface area contributed by atoms with E-state index in [9.17, 15) is 19.2 Å². The van der Waals surface area contributed by atoms with Crippen molar-refractivity contribution >= 4 is 79.9 Å². The standard InChI is InChI=1S/C21H17N3O3S.C20H16Cl2N2O3S/c22-12-15-6-8-16(9-7-15)18-13-28-21(23-18)24-20(27)17(11-19(25)26)10-14-4-2-1-3-5-14;21-15-7-6-13(9-16(15)22)17-11-28-20(23-17)24-19(27)14(10-18(25)26)8-12-4-2-1-3-5-12/h1-9,13,17H,10-11H2,(H,25,26)(H,23,24,27);1-7,9,11,14H,8,10H2,(H,25,26)(H,23,24,27)/t17-;14-/m11/s1. The Labute approximate surface area is 340 Å². The molecule has 0 aliphatic heterocycles. The molecule has 0 radical (unpaired) electrons. The fourth-order valence-corrected chi connectivity index (χ4v) is 7.19. The monoisotopic (exact) mass is 825 g/mol. The molecule has 15 heteroatoms. The van der Waals surface area contributed by atoms with Crippen LogP contribution in [0.5, 0.6) is 0 Å². The highest BCUT2D eigenvalue weighted by atomic mass is 35.5. The van der Waals surface area contributed by atoms with Gasteiger partial charge in [0.05, 0.1) is 57.7 Å². The number of thiazole rings is 2. The van der Waals surface area contributed by atoms with Gasteiger partial charge in [-0.1, -0.05) is 102 Å². The number of aliphatic carboxylic acids is 2. The molecule has 0 saturated heterocycles. The molecule has 0 unspecified atom stereocenters. The quantitative estimate of drug-likeness (QED) is 0.0832. The SMILES string of the molecule is N#Cc1ccc(-c2csc(NC(=O)[C@@H](CC(=O)O)Cc3ccccc3)n2)cc1.O=C(O)C[C@@H](Cc1ccccc1)C(=O)Nc1nc(-c2ccc(Cl)c(Cl)c2)cs1. The average Bonchev–Trinajstić information content (AvgIpc) is 3.86. The van der Waals surface area contributed by atoms with Crippen molar-refractivity contribution in [2.75, 3.05) is 10.6 Å². The fraction of sp³-hybridized carbons (Fsp3) is 0.146. The molecule has 0 aliphatic carbocycles. The minimum Gasteiger partial charge on any atom is -0.481 e. The molecule has 56 heavy (non-hydrogen) atoms. The lowest BCUT2D eigenvalue weighted by molar-refractivity contribution is -0.140. The Morgan fingerprint density at radius 2 is 1.09 bits per heavy atom. The number of nitrogens with zero attached hydrogens (tertiary/aromatic N) is 3. The number of halogens is 2. The van der Waals surface area contributed by atoms with Crippen LogP contribution >= 0.6 is 45.9 Å². The molecule has 4 aromatic carbocycles. The van der Waals surface area contributed by atoms with Crippen LogP contribution in [0.1, 0.15) is 29.5 Å². The van der Waals surface area contributed by atoms with Gasteiger partial charge in [-0.2, -0.15) is 5.26 Å². The number of nitriles is 1. The summed E-state index contributed by atoms with van der Waals surface area (Å²) in [6.07, 6.45) is 0.164. The normalized spacial score (nSPS) is 11.6. The van der Waals surface area contributed by atoms with Crippen LogP contribution in [0.15, 0.2) is 114 Å². The van der Waals surface area contributed by atoms with Crippen LogP contribution < -0.4 is 10.6 Å². The van der Waals surface area contributed by atoms with E-state index in [-0.39, 0.29) is 24.7 Å². The molecule has 2 amide bonds. The van der Waals surface area contributed by atoms with E-state index in [1.54, 1.807) is 53.2 Å². The number of nitrogens with one attached hydrogen (secondary N) is 2. The summed E-state index contributed by atoms with van der Waals surface area (Å²) in [5, 5.41) is 37.9. The van der Waals surface area contributed by atoms with E-state index in [2.05, 4.69) is 26.7 Å². The smallest absolute Gasteiger partial charge is 0.304 e. The van der Waals surface area contributed by atoms with Crippen LogP contribution in [0.25, 0.3) is 22.5 Å². The summed E-state index contributed by atoms with van der Waals surface area (Å²) in [6.45, 7) is 0. The van der Waals surface area contributed by atoms with Gasteiger partial charge in [-0.05, 0) is 48.2 Å². The Balaban J connectivity index is 0.000000214. The van der Waals surface area contributed by atoms with Crippen molar-refractivity contribution in [1.29, 1.82) is 5.26 Å². The Bertz CT molecular complexity index is 2330. The second-order valence-electron chi connectivity index (χ2n) is 12.3. The number of hydrogen-bond donors (Lipinski definition) is 4. The van der Waals surface area contributed by atoms with Gasteiger partial charge in [0, 0.05) is 21.9 Å². The number of carbonyl (C=O) groups is 4. The lowest BCUT2D eigenvalue weighted by atomic mass is 9.95. The van der Waals surface area contributed by atoms with Crippen LogP contribution in [-0.4, -0.2) is 43.9 Å². The van der Waals surface area contributed by atoms with E-state index in [0.717, 1.165) is 22.3 Å². The largest absolute Gasteiger partial charge is 0.481 e. The second-order valence-corrected chi connectivity index (χ2v) is 14.9. The number of carbonyl (C=O) groups excluding carboxylic acids is 2. The number of anilines is 2.